The van der Waals surface area contributed by atoms with Crippen molar-refractivity contribution in [1.82, 2.24) is 15.1 Å². The molecule has 1 unspecified atom stereocenters. The van der Waals surface area contributed by atoms with E-state index in [2.05, 4.69) is 15.1 Å². The van der Waals surface area contributed by atoms with E-state index in [0.717, 1.165) is 0 Å². The molecule has 0 bridgehead atoms. The highest BCUT2D eigenvalue weighted by Gasteiger charge is 2.28. The van der Waals surface area contributed by atoms with Gasteiger partial charge in [0.2, 0.25) is 0 Å². The maximum atomic E-state index is 6.13. The van der Waals surface area contributed by atoms with Crippen molar-refractivity contribution in [2.75, 3.05) is 20.3 Å². The average Bonchev–Trinajstić information content (AvgIpc) is 2.95. The molecule has 0 radical (unpaired) electrons. The second kappa shape index (κ2) is 5.98. The lowest BCUT2D eigenvalue weighted by Crippen LogP contribution is -2.39. The third-order valence-electron chi connectivity index (χ3n) is 2.78. The Labute approximate surface area is 117 Å². The minimum atomic E-state index is -0.808. The molecule has 0 amide bonds. The van der Waals surface area contributed by atoms with E-state index in [4.69, 9.17) is 19.7 Å². The SMILES string of the molecule is CCOCC(C)(N)c1noc(-c2ccncc2OC)n1. The normalized spacial score (nSPS) is 14.0. The maximum Gasteiger partial charge on any atom is 0.261 e. The molecule has 0 fully saturated rings. The fourth-order valence-electron chi connectivity index (χ4n) is 1.66. The van der Waals surface area contributed by atoms with Gasteiger partial charge < -0.3 is 19.7 Å². The van der Waals surface area contributed by atoms with Crippen molar-refractivity contribution in [1.29, 1.82) is 0 Å². The molecule has 7 nitrogen and oxygen atoms in total. The quantitative estimate of drug-likeness (QED) is 0.851. The second-order valence-electron chi connectivity index (χ2n) is 4.55. The van der Waals surface area contributed by atoms with Gasteiger partial charge in [0.05, 0.1) is 25.5 Å². The highest BCUT2D eigenvalue weighted by molar-refractivity contribution is 5.61. The van der Waals surface area contributed by atoms with Crippen LogP contribution < -0.4 is 10.5 Å². The summed E-state index contributed by atoms with van der Waals surface area (Å²) in [4.78, 5) is 8.30. The van der Waals surface area contributed by atoms with Gasteiger partial charge in [-0.2, -0.15) is 4.98 Å². The van der Waals surface area contributed by atoms with Crippen LogP contribution in [0, 0.1) is 0 Å². The molecule has 0 saturated heterocycles. The van der Waals surface area contributed by atoms with E-state index in [1.54, 1.807) is 32.5 Å². The van der Waals surface area contributed by atoms with Gasteiger partial charge >= 0.3 is 0 Å². The minimum absolute atomic E-state index is 0.315. The lowest BCUT2D eigenvalue weighted by molar-refractivity contribution is 0.0962. The van der Waals surface area contributed by atoms with Crippen LogP contribution in [-0.2, 0) is 10.3 Å². The van der Waals surface area contributed by atoms with Crippen molar-refractivity contribution in [3.63, 3.8) is 0 Å². The molecule has 2 heterocycles. The largest absolute Gasteiger partial charge is 0.494 e. The summed E-state index contributed by atoms with van der Waals surface area (Å²) in [7, 11) is 1.56. The molecular weight excluding hydrogens is 260 g/mol. The number of rotatable bonds is 6. The van der Waals surface area contributed by atoms with Crippen LogP contribution in [0.4, 0.5) is 0 Å². The zero-order valence-electron chi connectivity index (χ0n) is 11.8. The Kier molecular flexibility index (Phi) is 4.31. The molecule has 0 saturated carbocycles. The predicted molar refractivity (Wildman–Crippen MR) is 72.1 cm³/mol. The standard InChI is InChI=1S/C13H18N4O3/c1-4-19-8-13(2,14)12-16-11(20-17-12)9-5-6-15-7-10(9)18-3/h5-7H,4,8,14H2,1-3H3. The third-order valence-corrected chi connectivity index (χ3v) is 2.78. The Balaban J connectivity index is 2.29. The lowest BCUT2D eigenvalue weighted by Gasteiger charge is -2.19. The molecule has 0 aromatic carbocycles. The fourth-order valence-corrected chi connectivity index (χ4v) is 1.66. The van der Waals surface area contributed by atoms with Gasteiger partial charge in [0.15, 0.2) is 5.82 Å². The molecule has 2 aromatic rings. The van der Waals surface area contributed by atoms with E-state index in [-0.39, 0.29) is 0 Å². The summed E-state index contributed by atoms with van der Waals surface area (Å²) < 4.78 is 15.8. The molecule has 0 aliphatic heterocycles. The number of ether oxygens (including phenoxy) is 2. The Bertz CT molecular complexity index is 568. The first-order valence-electron chi connectivity index (χ1n) is 6.27. The molecule has 0 aliphatic rings. The highest BCUT2D eigenvalue weighted by Crippen LogP contribution is 2.28. The molecule has 2 N–H and O–H groups in total. The van der Waals surface area contributed by atoms with E-state index < -0.39 is 5.54 Å². The highest BCUT2D eigenvalue weighted by atomic mass is 16.5. The molecule has 7 heteroatoms. The molecule has 1 atom stereocenters. The topological polar surface area (TPSA) is 96.3 Å². The molecule has 2 rings (SSSR count). The van der Waals surface area contributed by atoms with Crippen molar-refractivity contribution in [3.05, 3.63) is 24.3 Å². The second-order valence-corrected chi connectivity index (χ2v) is 4.55. The number of aromatic nitrogens is 3. The molecule has 0 aliphatic carbocycles. The number of methoxy groups -OCH3 is 1. The van der Waals surface area contributed by atoms with Gasteiger partial charge in [0.25, 0.3) is 5.89 Å². The zero-order chi connectivity index (χ0) is 14.6. The molecular formula is C13H18N4O3. The molecule has 20 heavy (non-hydrogen) atoms. The Morgan fingerprint density at radius 1 is 1.45 bits per heavy atom. The van der Waals surface area contributed by atoms with E-state index in [9.17, 15) is 0 Å². The predicted octanol–water partition coefficient (Wildman–Crippen LogP) is 1.35. The van der Waals surface area contributed by atoms with Gasteiger partial charge in [0, 0.05) is 12.8 Å². The molecule has 0 spiro atoms. The van der Waals surface area contributed by atoms with Gasteiger partial charge in [-0.3, -0.25) is 4.98 Å². The van der Waals surface area contributed by atoms with Crippen LogP contribution in [-0.4, -0.2) is 35.4 Å². The monoisotopic (exact) mass is 278 g/mol. The van der Waals surface area contributed by atoms with E-state index in [0.29, 0.717) is 36.2 Å². The van der Waals surface area contributed by atoms with Crippen LogP contribution >= 0.6 is 0 Å². The van der Waals surface area contributed by atoms with Gasteiger partial charge in [-0.15, -0.1) is 0 Å². The molecule has 2 aromatic heterocycles. The van der Waals surface area contributed by atoms with Crippen LogP contribution in [0.25, 0.3) is 11.5 Å². The van der Waals surface area contributed by atoms with Gasteiger partial charge in [-0.25, -0.2) is 0 Å². The first kappa shape index (κ1) is 14.4. The summed E-state index contributed by atoms with van der Waals surface area (Å²) in [5.41, 5.74) is 6.00. The van der Waals surface area contributed by atoms with Crippen molar-refractivity contribution >= 4 is 0 Å². The summed E-state index contributed by atoms with van der Waals surface area (Å²) in [5.74, 6) is 1.29. The number of pyridine rings is 1. The van der Waals surface area contributed by atoms with Gasteiger partial charge in [0.1, 0.15) is 11.3 Å². The number of hydrogen-bond acceptors (Lipinski definition) is 7. The average molecular weight is 278 g/mol. The van der Waals surface area contributed by atoms with Crippen LogP contribution in [0.1, 0.15) is 19.7 Å². The number of nitrogens with two attached hydrogens (primary N) is 1. The van der Waals surface area contributed by atoms with Crippen molar-refractivity contribution in [2.24, 2.45) is 5.73 Å². The summed E-state index contributed by atoms with van der Waals surface area (Å²) >= 11 is 0. The van der Waals surface area contributed by atoms with Crippen LogP contribution in [0.5, 0.6) is 5.75 Å². The zero-order valence-corrected chi connectivity index (χ0v) is 11.8. The number of nitrogens with zero attached hydrogens (tertiary/aromatic N) is 3. The fraction of sp³-hybridized carbons (Fsp3) is 0.462. The van der Waals surface area contributed by atoms with Crippen LogP contribution in [0.15, 0.2) is 23.0 Å². The number of hydrogen-bond donors (Lipinski definition) is 1. The van der Waals surface area contributed by atoms with E-state index in [1.165, 1.54) is 0 Å². The van der Waals surface area contributed by atoms with Crippen molar-refractivity contribution in [2.45, 2.75) is 19.4 Å². The van der Waals surface area contributed by atoms with Crippen molar-refractivity contribution in [3.8, 4) is 17.2 Å². The molecule has 108 valence electrons. The first-order valence-corrected chi connectivity index (χ1v) is 6.27. The first-order chi connectivity index (χ1) is 9.58. The third kappa shape index (κ3) is 2.94. The minimum Gasteiger partial charge on any atom is -0.494 e. The van der Waals surface area contributed by atoms with Crippen LogP contribution in [0.2, 0.25) is 0 Å². The summed E-state index contributed by atoms with van der Waals surface area (Å²) in [6, 6.07) is 1.74. The van der Waals surface area contributed by atoms with Gasteiger partial charge in [-0.05, 0) is 19.9 Å². The van der Waals surface area contributed by atoms with Gasteiger partial charge in [-0.1, -0.05) is 5.16 Å². The van der Waals surface area contributed by atoms with Crippen molar-refractivity contribution < 1.29 is 14.0 Å². The summed E-state index contributed by atoms with van der Waals surface area (Å²) in [5, 5.41) is 3.93. The maximum absolute atomic E-state index is 6.13. The summed E-state index contributed by atoms with van der Waals surface area (Å²) in [6.45, 7) is 4.59. The Morgan fingerprint density at radius 2 is 2.25 bits per heavy atom. The lowest BCUT2D eigenvalue weighted by atomic mass is 10.1. The Morgan fingerprint density at radius 3 is 2.95 bits per heavy atom. The Hall–Kier alpha value is -1.99. The van der Waals surface area contributed by atoms with E-state index in [1.807, 2.05) is 6.92 Å². The van der Waals surface area contributed by atoms with Crippen LogP contribution in [0.3, 0.4) is 0 Å². The smallest absolute Gasteiger partial charge is 0.261 e. The van der Waals surface area contributed by atoms with E-state index >= 15 is 0 Å². The summed E-state index contributed by atoms with van der Waals surface area (Å²) in [6.07, 6.45) is 3.21.